The quantitative estimate of drug-likeness (QED) is 0.273. The molecular formula is C24H34N4O7S. The highest BCUT2D eigenvalue weighted by atomic mass is 32.2. The lowest BCUT2D eigenvalue weighted by atomic mass is 10.1. The van der Waals surface area contributed by atoms with Gasteiger partial charge >= 0.3 is 0 Å². The second-order valence-corrected chi connectivity index (χ2v) is 9.26. The molecule has 1 amide bonds. The van der Waals surface area contributed by atoms with Crippen molar-refractivity contribution in [2.75, 3.05) is 45.0 Å². The van der Waals surface area contributed by atoms with Gasteiger partial charge in [-0.2, -0.15) is 0 Å². The minimum atomic E-state index is -3.96. The summed E-state index contributed by atoms with van der Waals surface area (Å²) >= 11 is 0. The zero-order chi connectivity index (χ0) is 26.7. The number of ether oxygens (including phenoxy) is 4. The molecule has 0 fully saturated rings. The summed E-state index contributed by atoms with van der Waals surface area (Å²) in [5.74, 6) is 1.17. The molecule has 12 heteroatoms. The van der Waals surface area contributed by atoms with Crippen LogP contribution in [-0.4, -0.2) is 55.4 Å². The van der Waals surface area contributed by atoms with Crippen molar-refractivity contribution < 1.29 is 32.2 Å². The lowest BCUT2D eigenvalue weighted by Gasteiger charge is -2.16. The zero-order valence-electron chi connectivity index (χ0n) is 20.9. The molecule has 0 heterocycles. The summed E-state index contributed by atoms with van der Waals surface area (Å²) in [5, 5.41) is 3.68. The number of hydrogen-bond acceptors (Lipinski definition) is 9. The Hall–Kier alpha value is -3.48. The highest BCUT2D eigenvalue weighted by Gasteiger charge is 2.17. The summed E-state index contributed by atoms with van der Waals surface area (Å²) in [4.78, 5) is 12.5. The molecular weight excluding hydrogens is 488 g/mol. The molecule has 0 aliphatic rings. The largest absolute Gasteiger partial charge is 0.496 e. The molecule has 198 valence electrons. The van der Waals surface area contributed by atoms with Gasteiger partial charge in [-0.25, -0.2) is 8.42 Å². The van der Waals surface area contributed by atoms with E-state index in [0.717, 1.165) is 18.2 Å². The second kappa shape index (κ2) is 13.6. The van der Waals surface area contributed by atoms with E-state index in [1.165, 1.54) is 52.7 Å². The van der Waals surface area contributed by atoms with Gasteiger partial charge in [0.25, 0.3) is 10.0 Å². The topological polar surface area (TPSA) is 164 Å². The number of nitrogens with two attached hydrogens (primary N) is 2. The van der Waals surface area contributed by atoms with Crippen LogP contribution in [0.15, 0.2) is 35.7 Å². The second-order valence-electron chi connectivity index (χ2n) is 7.69. The van der Waals surface area contributed by atoms with E-state index in [0.29, 0.717) is 41.5 Å². The van der Waals surface area contributed by atoms with Crippen LogP contribution in [0.25, 0.3) is 6.08 Å². The molecule has 36 heavy (non-hydrogen) atoms. The third kappa shape index (κ3) is 8.04. The molecule has 1 atom stereocenters. The van der Waals surface area contributed by atoms with E-state index in [1.807, 2.05) is 0 Å². The molecule has 0 aromatic heterocycles. The van der Waals surface area contributed by atoms with E-state index in [4.69, 9.17) is 30.4 Å². The Morgan fingerprint density at radius 2 is 1.61 bits per heavy atom. The molecule has 0 saturated heterocycles. The average molecular weight is 523 g/mol. The Kier molecular flexibility index (Phi) is 10.8. The SMILES string of the molecule is COc1cc(OC)c(/C=C/S(=O)(=O)Nc2ccc(OC)c(NC(=O)[C@@H](N)CCCCN)c2)c(OC)c1. The fourth-order valence-corrected chi connectivity index (χ4v) is 4.13. The predicted molar refractivity (Wildman–Crippen MR) is 140 cm³/mol. The van der Waals surface area contributed by atoms with Gasteiger partial charge in [-0.1, -0.05) is 6.42 Å². The molecule has 0 saturated carbocycles. The van der Waals surface area contributed by atoms with Gasteiger partial charge < -0.3 is 35.7 Å². The first-order valence-corrected chi connectivity index (χ1v) is 12.7. The summed E-state index contributed by atoms with van der Waals surface area (Å²) in [5.41, 5.74) is 12.3. The van der Waals surface area contributed by atoms with E-state index in [2.05, 4.69) is 10.0 Å². The van der Waals surface area contributed by atoms with Crippen molar-refractivity contribution in [2.45, 2.75) is 25.3 Å². The fraction of sp³-hybridized carbons (Fsp3) is 0.375. The summed E-state index contributed by atoms with van der Waals surface area (Å²) in [6.07, 6.45) is 3.31. The lowest BCUT2D eigenvalue weighted by molar-refractivity contribution is -0.117. The van der Waals surface area contributed by atoms with E-state index < -0.39 is 22.0 Å². The number of carbonyl (C=O) groups excluding carboxylic acids is 1. The van der Waals surface area contributed by atoms with Gasteiger partial charge in [0.15, 0.2) is 0 Å². The van der Waals surface area contributed by atoms with Gasteiger partial charge in [0.2, 0.25) is 5.91 Å². The van der Waals surface area contributed by atoms with Crippen LogP contribution in [0.2, 0.25) is 0 Å². The summed E-state index contributed by atoms with van der Waals surface area (Å²) in [6.45, 7) is 0.525. The number of rotatable bonds is 14. The highest BCUT2D eigenvalue weighted by molar-refractivity contribution is 7.95. The van der Waals surface area contributed by atoms with Gasteiger partial charge in [0.05, 0.1) is 56.8 Å². The molecule has 0 radical (unpaired) electrons. The molecule has 2 rings (SSSR count). The Balaban J connectivity index is 2.24. The number of carbonyl (C=O) groups is 1. The maximum Gasteiger partial charge on any atom is 0.255 e. The van der Waals surface area contributed by atoms with Crippen molar-refractivity contribution in [3.05, 3.63) is 41.3 Å². The van der Waals surface area contributed by atoms with Crippen LogP contribution < -0.4 is 40.5 Å². The molecule has 2 aromatic carbocycles. The molecule has 0 aliphatic carbocycles. The molecule has 11 nitrogen and oxygen atoms in total. The first-order valence-electron chi connectivity index (χ1n) is 11.1. The van der Waals surface area contributed by atoms with Crippen LogP contribution in [0.4, 0.5) is 11.4 Å². The van der Waals surface area contributed by atoms with Gasteiger partial charge in [0.1, 0.15) is 23.0 Å². The Labute approximate surface area is 211 Å². The Morgan fingerprint density at radius 1 is 0.972 bits per heavy atom. The van der Waals surface area contributed by atoms with Gasteiger partial charge in [-0.05, 0) is 43.7 Å². The molecule has 0 aliphatic heterocycles. The number of hydrogen-bond donors (Lipinski definition) is 4. The smallest absolute Gasteiger partial charge is 0.255 e. The van der Waals surface area contributed by atoms with Gasteiger partial charge in [0, 0.05) is 12.1 Å². The van der Waals surface area contributed by atoms with Gasteiger partial charge in [-0.3, -0.25) is 9.52 Å². The van der Waals surface area contributed by atoms with Crippen LogP contribution in [0.1, 0.15) is 24.8 Å². The number of sulfonamides is 1. The highest BCUT2D eigenvalue weighted by Crippen LogP contribution is 2.35. The van der Waals surface area contributed by atoms with E-state index in [9.17, 15) is 13.2 Å². The van der Waals surface area contributed by atoms with Crippen LogP contribution in [0.5, 0.6) is 23.0 Å². The third-order valence-electron chi connectivity index (χ3n) is 5.19. The first kappa shape index (κ1) is 28.8. The van der Waals surface area contributed by atoms with Crippen molar-refractivity contribution in [3.63, 3.8) is 0 Å². The number of methoxy groups -OCH3 is 4. The van der Waals surface area contributed by atoms with E-state index in [1.54, 1.807) is 12.1 Å². The van der Waals surface area contributed by atoms with Crippen molar-refractivity contribution in [3.8, 4) is 23.0 Å². The maximum absolute atomic E-state index is 12.8. The summed E-state index contributed by atoms with van der Waals surface area (Å²) < 4.78 is 49.2. The predicted octanol–water partition coefficient (Wildman–Crippen LogP) is 2.53. The summed E-state index contributed by atoms with van der Waals surface area (Å²) in [6, 6.07) is 6.98. The maximum atomic E-state index is 12.8. The van der Waals surface area contributed by atoms with Crippen LogP contribution in [-0.2, 0) is 14.8 Å². The minimum Gasteiger partial charge on any atom is -0.496 e. The number of amides is 1. The van der Waals surface area contributed by atoms with E-state index in [-0.39, 0.29) is 11.4 Å². The average Bonchev–Trinajstić information content (AvgIpc) is 2.86. The normalized spacial score (nSPS) is 12.2. The molecule has 0 bridgehead atoms. The fourth-order valence-electron chi connectivity index (χ4n) is 3.29. The standard InChI is InChI=1S/C24H34N4O7S/c1-32-17-14-22(34-3)18(23(15-17)35-4)10-12-36(30,31)28-16-8-9-21(33-2)20(13-16)27-24(29)19(26)7-5-6-11-25/h8-10,12-15,19,28H,5-7,11,25-26H2,1-4H3,(H,27,29)/b12-10+/t19-/m0/s1. The summed E-state index contributed by atoms with van der Waals surface area (Å²) in [7, 11) is 1.89. The van der Waals surface area contributed by atoms with Crippen molar-refractivity contribution in [2.24, 2.45) is 11.5 Å². The molecule has 0 spiro atoms. The zero-order valence-corrected chi connectivity index (χ0v) is 21.7. The van der Waals surface area contributed by atoms with Crippen LogP contribution in [0, 0.1) is 0 Å². The number of unbranched alkanes of at least 4 members (excludes halogenated alkanes) is 1. The molecule has 6 N–H and O–H groups in total. The Bertz CT molecular complexity index is 1140. The first-order chi connectivity index (χ1) is 17.2. The lowest BCUT2D eigenvalue weighted by Crippen LogP contribution is -2.35. The minimum absolute atomic E-state index is 0.209. The van der Waals surface area contributed by atoms with E-state index >= 15 is 0 Å². The van der Waals surface area contributed by atoms with Crippen molar-refractivity contribution in [1.82, 2.24) is 0 Å². The number of benzene rings is 2. The van der Waals surface area contributed by atoms with Crippen LogP contribution >= 0.6 is 0 Å². The molecule has 2 aromatic rings. The monoisotopic (exact) mass is 522 g/mol. The molecule has 0 unspecified atom stereocenters. The number of nitrogens with one attached hydrogen (secondary N) is 2. The van der Waals surface area contributed by atoms with Crippen molar-refractivity contribution >= 4 is 33.4 Å². The Morgan fingerprint density at radius 3 is 2.17 bits per heavy atom. The van der Waals surface area contributed by atoms with Crippen LogP contribution in [0.3, 0.4) is 0 Å². The van der Waals surface area contributed by atoms with Gasteiger partial charge in [-0.15, -0.1) is 0 Å². The number of anilines is 2. The van der Waals surface area contributed by atoms with Crippen molar-refractivity contribution in [1.29, 1.82) is 0 Å². The third-order valence-corrected chi connectivity index (χ3v) is 6.21.